The third-order valence-corrected chi connectivity index (χ3v) is 7.85. The number of hydrogen-bond donors (Lipinski definition) is 2. The largest absolute Gasteiger partial charge is 0.507 e. The van der Waals surface area contributed by atoms with E-state index in [1.165, 1.54) is 4.90 Å². The van der Waals surface area contributed by atoms with Gasteiger partial charge in [-0.3, -0.25) is 19.3 Å². The zero-order valence-electron chi connectivity index (χ0n) is 25.8. The van der Waals surface area contributed by atoms with Gasteiger partial charge in [0.25, 0.3) is 11.8 Å². The number of carboxylic acid groups (broad SMARTS) is 1. The fourth-order valence-electron chi connectivity index (χ4n) is 4.77. The number of aliphatic hydroxyl groups is 1. The maximum Gasteiger partial charge on any atom is 0.350 e. The number of carbonyl (C=O) groups is 4. The Morgan fingerprint density at radius 1 is 0.957 bits per heavy atom. The van der Waals surface area contributed by atoms with Crippen molar-refractivity contribution in [3.63, 3.8) is 0 Å². The normalized spacial score (nSPS) is 15.2. The van der Waals surface area contributed by atoms with Crippen LogP contribution in [0.25, 0.3) is 5.76 Å². The smallest absolute Gasteiger partial charge is 0.350 e. The van der Waals surface area contributed by atoms with Crippen LogP contribution in [0, 0.1) is 13.8 Å². The van der Waals surface area contributed by atoms with Gasteiger partial charge in [0.1, 0.15) is 27.9 Å². The number of amides is 1. The van der Waals surface area contributed by atoms with E-state index in [0.717, 1.165) is 23.8 Å². The molecule has 11 nitrogen and oxygen atoms in total. The minimum atomic E-state index is -1.06. The van der Waals surface area contributed by atoms with Gasteiger partial charge in [0, 0.05) is 12.5 Å². The number of anilines is 1. The molecule has 4 aromatic rings. The second-order valence-corrected chi connectivity index (χ2v) is 11.0. The van der Waals surface area contributed by atoms with Gasteiger partial charge in [-0.05, 0) is 74.4 Å². The first-order valence-corrected chi connectivity index (χ1v) is 14.9. The Kier molecular flexibility index (Phi) is 10.5. The molecule has 1 aliphatic rings. The molecule has 1 aromatic heterocycles. The van der Waals surface area contributed by atoms with Gasteiger partial charge in [0.15, 0.2) is 5.13 Å². The molecule has 5 rings (SSSR count). The fourth-order valence-corrected chi connectivity index (χ4v) is 5.76. The number of thiazole rings is 1. The zero-order valence-corrected chi connectivity index (χ0v) is 26.6. The van der Waals surface area contributed by atoms with Crippen LogP contribution in [-0.2, 0) is 19.1 Å². The van der Waals surface area contributed by atoms with E-state index < -0.39 is 29.7 Å². The second kappa shape index (κ2) is 14.5. The van der Waals surface area contributed by atoms with Crippen molar-refractivity contribution in [2.45, 2.75) is 33.7 Å². The Morgan fingerprint density at radius 2 is 1.63 bits per heavy atom. The summed E-state index contributed by atoms with van der Waals surface area (Å²) >= 11 is 0.948. The number of ether oxygens (including phenoxy) is 3. The number of ketones is 1. The number of aliphatic hydroxyl groups excluding tert-OH is 1. The highest BCUT2D eigenvalue weighted by Crippen LogP contribution is 2.45. The van der Waals surface area contributed by atoms with Crippen LogP contribution in [-0.4, -0.2) is 52.5 Å². The summed E-state index contributed by atoms with van der Waals surface area (Å²) in [5.41, 5.74) is 1.82. The highest BCUT2D eigenvalue weighted by molar-refractivity contribution is 7.17. The minimum Gasteiger partial charge on any atom is -0.507 e. The van der Waals surface area contributed by atoms with Gasteiger partial charge >= 0.3 is 11.9 Å². The number of rotatable bonds is 8. The lowest BCUT2D eigenvalue weighted by atomic mass is 9.94. The number of aliphatic carboxylic acids is 1. The lowest BCUT2D eigenvalue weighted by Gasteiger charge is -2.23. The molecule has 0 spiro atoms. The molecule has 0 bridgehead atoms. The highest BCUT2D eigenvalue weighted by Gasteiger charge is 2.48. The number of para-hydroxylation sites is 1. The molecule has 46 heavy (non-hydrogen) atoms. The van der Waals surface area contributed by atoms with Gasteiger partial charge in [-0.1, -0.05) is 41.7 Å². The van der Waals surface area contributed by atoms with Crippen molar-refractivity contribution in [3.8, 4) is 17.2 Å². The monoisotopic (exact) mass is 644 g/mol. The molecular formula is C34H32N2O9S. The number of aromatic nitrogens is 1. The molecule has 3 aromatic carbocycles. The Balaban J connectivity index is 0.00000113. The van der Waals surface area contributed by atoms with E-state index in [-0.39, 0.29) is 27.9 Å². The predicted molar refractivity (Wildman–Crippen MR) is 172 cm³/mol. The quantitative estimate of drug-likeness (QED) is 0.0946. The number of aryl methyl sites for hydroxylation is 2. The average Bonchev–Trinajstić information content (AvgIpc) is 3.53. The van der Waals surface area contributed by atoms with Crippen molar-refractivity contribution in [1.29, 1.82) is 0 Å². The number of Topliss-reactive ketones (excluding diaryl/α,β-unsaturated/α-hetero) is 1. The fraction of sp³-hybridized carbons (Fsp3) is 0.206. The molecule has 0 aliphatic carbocycles. The van der Waals surface area contributed by atoms with Crippen LogP contribution >= 0.6 is 11.3 Å². The average molecular weight is 645 g/mol. The number of benzene rings is 3. The Bertz CT molecular complexity index is 1810. The molecule has 1 saturated heterocycles. The van der Waals surface area contributed by atoms with Gasteiger partial charge in [0.2, 0.25) is 0 Å². The molecule has 2 N–H and O–H groups in total. The van der Waals surface area contributed by atoms with Crippen molar-refractivity contribution >= 4 is 45.9 Å². The Hall–Kier alpha value is -5.49. The molecule has 238 valence electrons. The first-order valence-electron chi connectivity index (χ1n) is 14.1. The molecule has 1 fully saturated rings. The number of nitrogens with zero attached hydrogens (tertiary/aromatic N) is 2. The summed E-state index contributed by atoms with van der Waals surface area (Å²) in [4.78, 5) is 54.7. The van der Waals surface area contributed by atoms with Crippen LogP contribution in [0.3, 0.4) is 0 Å². The summed E-state index contributed by atoms with van der Waals surface area (Å²) in [5, 5.41) is 19.1. The summed E-state index contributed by atoms with van der Waals surface area (Å²) < 4.78 is 16.5. The molecule has 0 radical (unpaired) electrons. The van der Waals surface area contributed by atoms with E-state index in [1.54, 1.807) is 75.6 Å². The van der Waals surface area contributed by atoms with E-state index in [1.807, 2.05) is 25.1 Å². The van der Waals surface area contributed by atoms with Gasteiger partial charge in [0.05, 0.1) is 31.0 Å². The van der Waals surface area contributed by atoms with Crippen molar-refractivity contribution in [3.05, 3.63) is 106 Å². The van der Waals surface area contributed by atoms with Crippen LogP contribution in [0.1, 0.15) is 51.9 Å². The number of hydrogen-bond acceptors (Lipinski definition) is 10. The number of carboxylic acids is 1. The summed E-state index contributed by atoms with van der Waals surface area (Å²) in [6, 6.07) is 20.0. The third kappa shape index (κ3) is 7.24. The molecule has 1 aliphatic heterocycles. The number of methoxy groups -OCH3 is 1. The molecule has 1 atom stereocenters. The lowest BCUT2D eigenvalue weighted by Crippen LogP contribution is -2.29. The zero-order chi connectivity index (χ0) is 33.5. The van der Waals surface area contributed by atoms with Gasteiger partial charge in [-0.2, -0.15) is 0 Å². The third-order valence-electron chi connectivity index (χ3n) is 6.72. The van der Waals surface area contributed by atoms with Crippen LogP contribution in [0.2, 0.25) is 0 Å². The number of carbonyl (C=O) groups excluding carboxylic acids is 3. The van der Waals surface area contributed by atoms with Gasteiger partial charge in [-0.15, -0.1) is 0 Å². The first kappa shape index (κ1) is 33.4. The Morgan fingerprint density at radius 3 is 2.26 bits per heavy atom. The molecule has 1 amide bonds. The van der Waals surface area contributed by atoms with Gasteiger partial charge in [-0.25, -0.2) is 9.78 Å². The van der Waals surface area contributed by atoms with Crippen LogP contribution in [0.15, 0.2) is 78.4 Å². The van der Waals surface area contributed by atoms with Crippen LogP contribution in [0.5, 0.6) is 17.2 Å². The second-order valence-electron chi connectivity index (χ2n) is 9.99. The predicted octanol–water partition coefficient (Wildman–Crippen LogP) is 6.45. The summed E-state index contributed by atoms with van der Waals surface area (Å²) in [7, 11) is 1.54. The maximum absolute atomic E-state index is 13.6. The van der Waals surface area contributed by atoms with E-state index in [9.17, 15) is 19.5 Å². The standard InChI is InChI=1S/C32H28N2O7S.C2H4O2/c1-5-40-31(38)29-19(3)33-32(42-29)34-26(20-10-9-13-23(17-20)41-22-11-7-6-8-12-22)25(28(36)30(34)37)27(35)21-14-15-24(39-4)18(2)16-21;1-2(3)4/h6-17,26,35H,5H2,1-4H3;1H3,(H,3,4)/b27-25+;. The van der Waals surface area contributed by atoms with Crippen LogP contribution in [0.4, 0.5) is 5.13 Å². The maximum atomic E-state index is 13.6. The van der Waals surface area contributed by atoms with Gasteiger partial charge < -0.3 is 24.4 Å². The topological polar surface area (TPSA) is 153 Å². The van der Waals surface area contributed by atoms with Crippen molar-refractivity contribution in [2.24, 2.45) is 0 Å². The molecular weight excluding hydrogens is 612 g/mol. The van der Waals surface area contributed by atoms with Crippen LogP contribution < -0.4 is 14.4 Å². The summed E-state index contributed by atoms with van der Waals surface area (Å²) in [5.74, 6) is -1.84. The van der Waals surface area contributed by atoms with E-state index in [4.69, 9.17) is 24.1 Å². The van der Waals surface area contributed by atoms with Crippen molar-refractivity contribution < 1.29 is 43.6 Å². The molecule has 12 heteroatoms. The molecule has 0 saturated carbocycles. The lowest BCUT2D eigenvalue weighted by molar-refractivity contribution is -0.134. The Labute approximate surface area is 269 Å². The summed E-state index contributed by atoms with van der Waals surface area (Å²) in [6.07, 6.45) is 0. The van der Waals surface area contributed by atoms with E-state index >= 15 is 0 Å². The molecule has 1 unspecified atom stereocenters. The number of esters is 1. The highest BCUT2D eigenvalue weighted by atomic mass is 32.1. The molecule has 2 heterocycles. The van der Waals surface area contributed by atoms with Crippen molar-refractivity contribution in [2.75, 3.05) is 18.6 Å². The van der Waals surface area contributed by atoms with Crippen molar-refractivity contribution in [1.82, 2.24) is 4.98 Å². The SMILES string of the molecule is CC(=O)O.CCOC(=O)c1sc(N2C(=O)C(=O)/C(=C(/O)c3ccc(OC)c(C)c3)C2c2cccc(Oc3ccccc3)c2)nc1C. The summed E-state index contributed by atoms with van der Waals surface area (Å²) in [6.45, 7) is 6.39. The van der Waals surface area contributed by atoms with E-state index in [0.29, 0.717) is 34.1 Å². The minimum absolute atomic E-state index is 0.119. The first-order chi connectivity index (χ1) is 22.0. The van der Waals surface area contributed by atoms with E-state index in [2.05, 4.69) is 4.98 Å².